The van der Waals surface area contributed by atoms with E-state index >= 15 is 0 Å². The molecule has 0 aromatic carbocycles. The minimum absolute atomic E-state index is 0.0978. The van der Waals surface area contributed by atoms with E-state index in [0.717, 1.165) is 9.91 Å². The Morgan fingerprint density at radius 2 is 2.22 bits per heavy atom. The molecular formula is C15H20N2O5S. The van der Waals surface area contributed by atoms with E-state index in [0.29, 0.717) is 6.42 Å². The molecule has 0 radical (unpaired) electrons. The molecule has 7 nitrogen and oxygen atoms in total. The van der Waals surface area contributed by atoms with Crippen molar-refractivity contribution in [2.75, 3.05) is 13.2 Å². The van der Waals surface area contributed by atoms with Crippen molar-refractivity contribution in [2.45, 2.75) is 39.2 Å². The number of carbonyl (C=O) groups excluding carboxylic acids is 3. The topological polar surface area (TPSA) is 85.8 Å². The molecule has 0 aliphatic carbocycles. The summed E-state index contributed by atoms with van der Waals surface area (Å²) in [5, 5.41) is 2.54. The van der Waals surface area contributed by atoms with Gasteiger partial charge in [0, 0.05) is 18.0 Å². The summed E-state index contributed by atoms with van der Waals surface area (Å²) in [6, 6.07) is 0. The molecule has 1 atom stereocenters. The molecule has 1 aliphatic heterocycles. The summed E-state index contributed by atoms with van der Waals surface area (Å²) in [5.41, 5.74) is -0.627. The first-order valence-corrected chi connectivity index (χ1v) is 8.22. The second kappa shape index (κ2) is 7.08. The van der Waals surface area contributed by atoms with E-state index in [1.807, 2.05) is 0 Å². The normalized spacial score (nSPS) is 16.1. The van der Waals surface area contributed by atoms with Crippen molar-refractivity contribution >= 4 is 29.3 Å². The van der Waals surface area contributed by atoms with E-state index in [9.17, 15) is 14.4 Å². The highest BCUT2D eigenvalue weighted by Gasteiger charge is 2.35. The fourth-order valence-electron chi connectivity index (χ4n) is 2.21. The lowest BCUT2D eigenvalue weighted by atomic mass is 9.99. The molecule has 2 amide bonds. The Balaban J connectivity index is 2.09. The Hall–Kier alpha value is -1.96. The van der Waals surface area contributed by atoms with Gasteiger partial charge in [-0.3, -0.25) is 9.59 Å². The Bertz CT molecular complexity index is 579. The Labute approximate surface area is 138 Å². The fourth-order valence-corrected chi connectivity index (χ4v) is 2.91. The van der Waals surface area contributed by atoms with Crippen molar-refractivity contribution in [3.05, 3.63) is 16.6 Å². The molecular weight excluding hydrogens is 320 g/mol. The Kier molecular flexibility index (Phi) is 5.35. The van der Waals surface area contributed by atoms with Gasteiger partial charge in [0.15, 0.2) is 0 Å². The summed E-state index contributed by atoms with van der Waals surface area (Å²) >= 11 is 1.40. The minimum atomic E-state index is -0.693. The van der Waals surface area contributed by atoms with Crippen molar-refractivity contribution in [2.24, 2.45) is 5.92 Å². The predicted octanol–water partition coefficient (Wildman–Crippen LogP) is 2.01. The molecule has 1 aliphatic rings. The van der Waals surface area contributed by atoms with Crippen molar-refractivity contribution in [3.63, 3.8) is 0 Å². The van der Waals surface area contributed by atoms with Crippen LogP contribution in [0.3, 0.4) is 0 Å². The highest BCUT2D eigenvalue weighted by atomic mass is 32.1. The lowest BCUT2D eigenvalue weighted by molar-refractivity contribution is -0.158. The number of esters is 1. The lowest BCUT2D eigenvalue weighted by Gasteiger charge is -2.23. The van der Waals surface area contributed by atoms with E-state index < -0.39 is 29.5 Å². The van der Waals surface area contributed by atoms with Crippen LogP contribution in [0, 0.1) is 5.92 Å². The first-order valence-electron chi connectivity index (χ1n) is 7.34. The van der Waals surface area contributed by atoms with Crippen LogP contribution in [0.2, 0.25) is 0 Å². The number of aromatic nitrogens is 1. The summed E-state index contributed by atoms with van der Waals surface area (Å²) in [4.78, 5) is 41.4. The van der Waals surface area contributed by atoms with Crippen LogP contribution in [0.1, 0.15) is 32.2 Å². The number of thiazole rings is 1. The third-order valence-electron chi connectivity index (χ3n) is 3.11. The monoisotopic (exact) mass is 340 g/mol. The molecule has 1 unspecified atom stereocenters. The van der Waals surface area contributed by atoms with Crippen molar-refractivity contribution < 1.29 is 23.9 Å². The van der Waals surface area contributed by atoms with E-state index in [4.69, 9.17) is 9.47 Å². The quantitative estimate of drug-likeness (QED) is 0.762. The number of hydrogen-bond donors (Lipinski definition) is 0. The van der Waals surface area contributed by atoms with Gasteiger partial charge >= 0.3 is 12.1 Å². The Morgan fingerprint density at radius 3 is 2.74 bits per heavy atom. The maximum atomic E-state index is 12.6. The van der Waals surface area contributed by atoms with E-state index in [-0.39, 0.29) is 19.6 Å². The molecule has 0 saturated carbocycles. The van der Waals surface area contributed by atoms with Crippen molar-refractivity contribution in [3.8, 4) is 0 Å². The molecule has 1 aromatic rings. The molecule has 0 N–H and O–H groups in total. The van der Waals surface area contributed by atoms with Gasteiger partial charge in [-0.15, -0.1) is 11.3 Å². The van der Waals surface area contributed by atoms with Gasteiger partial charge in [-0.1, -0.05) is 0 Å². The van der Waals surface area contributed by atoms with Gasteiger partial charge in [0.25, 0.3) is 0 Å². The van der Waals surface area contributed by atoms with E-state index in [1.54, 1.807) is 32.3 Å². The van der Waals surface area contributed by atoms with Crippen LogP contribution >= 0.6 is 11.3 Å². The minimum Gasteiger partial charge on any atom is -0.460 e. The number of imide groups is 1. The maximum Gasteiger partial charge on any atom is 0.416 e. The SMILES string of the molecule is CC(C)(C)OC(=O)CC(Cc1nccs1)C(=O)N1CCOC1=O. The van der Waals surface area contributed by atoms with Crippen LogP contribution in [0.25, 0.3) is 0 Å². The molecule has 0 bridgehead atoms. The second-order valence-electron chi connectivity index (χ2n) is 6.22. The molecule has 23 heavy (non-hydrogen) atoms. The summed E-state index contributed by atoms with van der Waals surface area (Å²) in [6.45, 7) is 5.68. The van der Waals surface area contributed by atoms with E-state index in [2.05, 4.69) is 4.98 Å². The molecule has 1 aromatic heterocycles. The van der Waals surface area contributed by atoms with Crippen molar-refractivity contribution in [1.29, 1.82) is 0 Å². The van der Waals surface area contributed by atoms with Gasteiger partial charge in [0.05, 0.1) is 23.9 Å². The summed E-state index contributed by atoms with van der Waals surface area (Å²) in [5.74, 6) is -1.59. The molecule has 1 fully saturated rings. The van der Waals surface area contributed by atoms with Gasteiger partial charge in [0.1, 0.15) is 12.2 Å². The standard InChI is InChI=1S/C15H20N2O5S/c1-15(2,3)22-12(18)9-10(8-11-16-4-7-23-11)13(19)17-5-6-21-14(17)20/h4,7,10H,5-6,8-9H2,1-3H3. The van der Waals surface area contributed by atoms with Gasteiger partial charge in [-0.2, -0.15) is 0 Å². The number of nitrogens with zero attached hydrogens (tertiary/aromatic N) is 2. The number of cyclic esters (lactones) is 1. The van der Waals surface area contributed by atoms with Gasteiger partial charge in [-0.25, -0.2) is 14.7 Å². The molecule has 2 rings (SSSR count). The number of ether oxygens (including phenoxy) is 2. The van der Waals surface area contributed by atoms with Gasteiger partial charge in [0.2, 0.25) is 5.91 Å². The fraction of sp³-hybridized carbons (Fsp3) is 0.600. The van der Waals surface area contributed by atoms with Crippen LogP contribution in [-0.4, -0.2) is 46.6 Å². The van der Waals surface area contributed by atoms with Gasteiger partial charge in [-0.05, 0) is 20.8 Å². The number of amides is 2. The number of rotatable bonds is 5. The summed E-state index contributed by atoms with van der Waals surface area (Å²) < 4.78 is 10.1. The summed E-state index contributed by atoms with van der Waals surface area (Å²) in [7, 11) is 0. The zero-order valence-corrected chi connectivity index (χ0v) is 14.2. The van der Waals surface area contributed by atoms with E-state index in [1.165, 1.54) is 11.3 Å². The highest BCUT2D eigenvalue weighted by molar-refractivity contribution is 7.09. The van der Waals surface area contributed by atoms with Gasteiger partial charge < -0.3 is 9.47 Å². The largest absolute Gasteiger partial charge is 0.460 e. The van der Waals surface area contributed by atoms with Crippen LogP contribution in [0.4, 0.5) is 4.79 Å². The zero-order chi connectivity index (χ0) is 17.0. The number of hydrogen-bond acceptors (Lipinski definition) is 7. The average molecular weight is 340 g/mol. The predicted molar refractivity (Wildman–Crippen MR) is 82.8 cm³/mol. The zero-order valence-electron chi connectivity index (χ0n) is 13.4. The summed E-state index contributed by atoms with van der Waals surface area (Å²) in [6.07, 6.45) is 1.17. The third-order valence-corrected chi connectivity index (χ3v) is 3.92. The molecule has 0 spiro atoms. The molecule has 8 heteroatoms. The first kappa shape index (κ1) is 17.4. The molecule has 126 valence electrons. The van der Waals surface area contributed by atoms with Crippen LogP contribution in [-0.2, 0) is 25.5 Å². The second-order valence-corrected chi connectivity index (χ2v) is 7.20. The third kappa shape index (κ3) is 5.02. The molecule has 2 heterocycles. The lowest BCUT2D eigenvalue weighted by Crippen LogP contribution is -2.39. The van der Waals surface area contributed by atoms with Crippen LogP contribution < -0.4 is 0 Å². The first-order chi connectivity index (χ1) is 10.8. The highest BCUT2D eigenvalue weighted by Crippen LogP contribution is 2.21. The van der Waals surface area contributed by atoms with Crippen molar-refractivity contribution in [1.82, 2.24) is 9.88 Å². The Morgan fingerprint density at radius 1 is 1.48 bits per heavy atom. The molecule has 1 saturated heterocycles. The van der Waals surface area contributed by atoms with Crippen LogP contribution in [0.5, 0.6) is 0 Å². The maximum absolute atomic E-state index is 12.6. The average Bonchev–Trinajstić information content (AvgIpc) is 3.06. The van der Waals surface area contributed by atoms with Crippen LogP contribution in [0.15, 0.2) is 11.6 Å². The number of carbonyl (C=O) groups is 3. The smallest absolute Gasteiger partial charge is 0.416 e.